The van der Waals surface area contributed by atoms with E-state index in [2.05, 4.69) is 17.1 Å². The van der Waals surface area contributed by atoms with Gasteiger partial charge in [0.1, 0.15) is 12.4 Å². The van der Waals surface area contributed by atoms with Crippen molar-refractivity contribution in [3.05, 3.63) is 72.3 Å². The molecule has 0 aliphatic carbocycles. The Labute approximate surface area is 142 Å². The number of carbonyl (C=O) groups excluding carboxylic acids is 1. The van der Waals surface area contributed by atoms with Crippen LogP contribution < -0.4 is 15.1 Å². The lowest BCUT2D eigenvalue weighted by atomic mass is 10.2. The summed E-state index contributed by atoms with van der Waals surface area (Å²) in [6.07, 6.45) is 3.28. The van der Waals surface area contributed by atoms with E-state index in [1.807, 2.05) is 43.3 Å². The summed E-state index contributed by atoms with van der Waals surface area (Å²) in [5.74, 6) is 0.419. The molecule has 0 saturated carbocycles. The number of benzene rings is 2. The predicted molar refractivity (Wildman–Crippen MR) is 98.0 cm³/mol. The fourth-order valence-corrected chi connectivity index (χ4v) is 1.95. The molecular formula is C19H21N3O2. The van der Waals surface area contributed by atoms with E-state index in [-0.39, 0.29) is 5.91 Å². The minimum Gasteiger partial charge on any atom is -0.490 e. The van der Waals surface area contributed by atoms with Crippen LogP contribution in [0.5, 0.6) is 5.75 Å². The van der Waals surface area contributed by atoms with Gasteiger partial charge in [0.05, 0.1) is 6.21 Å². The van der Waals surface area contributed by atoms with Crippen molar-refractivity contribution >= 4 is 17.8 Å². The molecule has 1 amide bonds. The molecule has 0 heterocycles. The lowest BCUT2D eigenvalue weighted by Crippen LogP contribution is -2.17. The molecular weight excluding hydrogens is 302 g/mol. The van der Waals surface area contributed by atoms with Crippen molar-refractivity contribution in [3.63, 3.8) is 0 Å². The van der Waals surface area contributed by atoms with Gasteiger partial charge in [-0.2, -0.15) is 5.10 Å². The van der Waals surface area contributed by atoms with Gasteiger partial charge >= 0.3 is 0 Å². The minimum absolute atomic E-state index is 0.272. The molecule has 0 saturated heterocycles. The molecule has 2 aromatic rings. The second kappa shape index (κ2) is 8.53. The number of ether oxygens (including phenoxy) is 1. The molecule has 5 nitrogen and oxygen atoms in total. The number of carbonyl (C=O) groups is 1. The summed E-state index contributed by atoms with van der Waals surface area (Å²) in [6.45, 7) is 4.02. The molecule has 0 aromatic heterocycles. The third kappa shape index (κ3) is 4.98. The average molecular weight is 323 g/mol. The number of nitrogens with zero attached hydrogens (tertiary/aromatic N) is 2. The molecule has 0 fully saturated rings. The highest BCUT2D eigenvalue weighted by atomic mass is 16.5. The first-order valence-electron chi connectivity index (χ1n) is 7.54. The first-order valence-corrected chi connectivity index (χ1v) is 7.54. The molecule has 124 valence electrons. The van der Waals surface area contributed by atoms with Crippen LogP contribution in [0.3, 0.4) is 0 Å². The molecule has 0 aliphatic heterocycles. The van der Waals surface area contributed by atoms with Gasteiger partial charge in [-0.05, 0) is 42.0 Å². The summed E-state index contributed by atoms with van der Waals surface area (Å²) in [7, 11) is 3.97. The van der Waals surface area contributed by atoms with E-state index in [0.29, 0.717) is 17.9 Å². The number of rotatable bonds is 7. The monoisotopic (exact) mass is 323 g/mol. The third-order valence-corrected chi connectivity index (χ3v) is 3.27. The predicted octanol–water partition coefficient (Wildman–Crippen LogP) is 3.08. The second-order valence-corrected chi connectivity index (χ2v) is 5.31. The Hall–Kier alpha value is -3.08. The van der Waals surface area contributed by atoms with E-state index in [0.717, 1.165) is 11.3 Å². The summed E-state index contributed by atoms with van der Waals surface area (Å²) in [4.78, 5) is 14.0. The van der Waals surface area contributed by atoms with E-state index < -0.39 is 0 Å². The Kier molecular flexibility index (Phi) is 6.14. The second-order valence-electron chi connectivity index (χ2n) is 5.31. The van der Waals surface area contributed by atoms with E-state index >= 15 is 0 Å². The molecule has 0 unspecified atom stereocenters. The van der Waals surface area contributed by atoms with Gasteiger partial charge in [0.25, 0.3) is 5.91 Å². The highest BCUT2D eigenvalue weighted by Gasteiger charge is 2.04. The van der Waals surface area contributed by atoms with Gasteiger partial charge in [0, 0.05) is 25.3 Å². The highest BCUT2D eigenvalue weighted by Crippen LogP contribution is 2.12. The van der Waals surface area contributed by atoms with E-state index in [1.54, 1.807) is 36.6 Å². The van der Waals surface area contributed by atoms with Crippen LogP contribution in [0.2, 0.25) is 0 Å². The van der Waals surface area contributed by atoms with E-state index in [9.17, 15) is 4.79 Å². The standard InChI is InChI=1S/C19H21N3O2/c1-4-13-24-18-11-7-16(8-12-18)19(23)21-20-14-15-5-9-17(10-6-15)22(2)3/h4-12,14H,1,13H2,2-3H3,(H,21,23)/b20-14+. The summed E-state index contributed by atoms with van der Waals surface area (Å²) >= 11 is 0. The highest BCUT2D eigenvalue weighted by molar-refractivity contribution is 5.95. The maximum Gasteiger partial charge on any atom is 0.271 e. The van der Waals surface area contributed by atoms with Gasteiger partial charge in [-0.3, -0.25) is 4.79 Å². The fourth-order valence-electron chi connectivity index (χ4n) is 1.95. The van der Waals surface area contributed by atoms with Crippen molar-refractivity contribution in [2.24, 2.45) is 5.10 Å². The largest absolute Gasteiger partial charge is 0.490 e. The summed E-state index contributed by atoms with van der Waals surface area (Å²) in [5.41, 5.74) is 5.04. The number of hydrazone groups is 1. The Bertz CT molecular complexity index is 704. The summed E-state index contributed by atoms with van der Waals surface area (Å²) < 4.78 is 5.37. The number of hydrogen-bond acceptors (Lipinski definition) is 4. The van der Waals surface area contributed by atoms with Crippen molar-refractivity contribution in [1.29, 1.82) is 0 Å². The van der Waals surface area contributed by atoms with Gasteiger partial charge in [-0.1, -0.05) is 24.8 Å². The Morgan fingerprint density at radius 2 is 1.83 bits per heavy atom. The molecule has 1 N–H and O–H groups in total. The zero-order chi connectivity index (χ0) is 17.4. The van der Waals surface area contributed by atoms with Crippen molar-refractivity contribution in [3.8, 4) is 5.75 Å². The van der Waals surface area contributed by atoms with Gasteiger partial charge in [0.15, 0.2) is 0 Å². The lowest BCUT2D eigenvalue weighted by molar-refractivity contribution is 0.0955. The van der Waals surface area contributed by atoms with Crippen LogP contribution in [0.25, 0.3) is 0 Å². The summed E-state index contributed by atoms with van der Waals surface area (Å²) in [5, 5.41) is 3.98. The Morgan fingerprint density at radius 3 is 2.42 bits per heavy atom. The number of anilines is 1. The Morgan fingerprint density at radius 1 is 1.17 bits per heavy atom. The van der Waals surface area contributed by atoms with Gasteiger partial charge < -0.3 is 9.64 Å². The quantitative estimate of drug-likeness (QED) is 0.484. The van der Waals surface area contributed by atoms with Crippen LogP contribution in [-0.4, -0.2) is 32.8 Å². The van der Waals surface area contributed by atoms with Gasteiger partial charge in [0.2, 0.25) is 0 Å². The normalized spacial score (nSPS) is 10.4. The molecule has 0 radical (unpaired) electrons. The molecule has 24 heavy (non-hydrogen) atoms. The van der Waals surface area contributed by atoms with Crippen LogP contribution >= 0.6 is 0 Å². The first kappa shape index (κ1) is 17.3. The number of hydrogen-bond donors (Lipinski definition) is 1. The molecule has 0 aliphatic rings. The lowest BCUT2D eigenvalue weighted by Gasteiger charge is -2.11. The minimum atomic E-state index is -0.272. The molecule has 0 spiro atoms. The van der Waals surface area contributed by atoms with Gasteiger partial charge in [-0.15, -0.1) is 0 Å². The Balaban J connectivity index is 1.91. The SMILES string of the molecule is C=CCOc1ccc(C(=O)N/N=C/c2ccc(N(C)C)cc2)cc1. The maximum absolute atomic E-state index is 12.0. The van der Waals surface area contributed by atoms with Crippen molar-refractivity contribution < 1.29 is 9.53 Å². The smallest absolute Gasteiger partial charge is 0.271 e. The van der Waals surface area contributed by atoms with Crippen LogP contribution in [0.15, 0.2) is 66.3 Å². The van der Waals surface area contributed by atoms with Crippen molar-refractivity contribution in [1.82, 2.24) is 5.43 Å². The average Bonchev–Trinajstić information content (AvgIpc) is 2.60. The van der Waals surface area contributed by atoms with Crippen molar-refractivity contribution in [2.45, 2.75) is 0 Å². The maximum atomic E-state index is 12.0. The number of nitrogens with one attached hydrogen (secondary N) is 1. The molecule has 2 aromatic carbocycles. The van der Waals surface area contributed by atoms with E-state index in [4.69, 9.17) is 4.74 Å². The fraction of sp³-hybridized carbons (Fsp3) is 0.158. The van der Waals surface area contributed by atoms with E-state index in [1.165, 1.54) is 0 Å². The molecule has 5 heteroatoms. The first-order chi connectivity index (χ1) is 11.6. The van der Waals surface area contributed by atoms with Crippen LogP contribution in [0.4, 0.5) is 5.69 Å². The molecule has 2 rings (SSSR count). The van der Waals surface area contributed by atoms with Crippen LogP contribution in [0, 0.1) is 0 Å². The summed E-state index contributed by atoms with van der Waals surface area (Å²) in [6, 6.07) is 14.7. The van der Waals surface area contributed by atoms with Crippen LogP contribution in [-0.2, 0) is 0 Å². The zero-order valence-corrected chi connectivity index (χ0v) is 13.9. The number of amides is 1. The molecule has 0 bridgehead atoms. The van der Waals surface area contributed by atoms with Gasteiger partial charge in [-0.25, -0.2) is 5.43 Å². The topological polar surface area (TPSA) is 53.9 Å². The van der Waals surface area contributed by atoms with Crippen LogP contribution in [0.1, 0.15) is 15.9 Å². The van der Waals surface area contributed by atoms with Crippen molar-refractivity contribution in [2.75, 3.05) is 25.6 Å². The zero-order valence-electron chi connectivity index (χ0n) is 13.9. The third-order valence-electron chi connectivity index (χ3n) is 3.27. The molecule has 0 atom stereocenters.